The summed E-state index contributed by atoms with van der Waals surface area (Å²) in [4.78, 5) is 5.13. The molecule has 10 aromatic rings. The van der Waals surface area contributed by atoms with Crippen LogP contribution in [-0.2, 0) is 0 Å². The molecule has 0 amide bonds. The molecule has 1 aliphatic heterocycles. The summed E-state index contributed by atoms with van der Waals surface area (Å²) < 4.78 is 9.21. The van der Waals surface area contributed by atoms with Crippen molar-refractivity contribution in [2.45, 2.75) is 12.3 Å². The van der Waals surface area contributed by atoms with E-state index in [1.807, 2.05) is 30.3 Å². The van der Waals surface area contributed by atoms with Gasteiger partial charge in [-0.1, -0.05) is 151 Å². The highest BCUT2D eigenvalue weighted by atomic mass is 16.3. The van der Waals surface area contributed by atoms with Crippen molar-refractivity contribution in [2.75, 3.05) is 0 Å². The topological polar surface area (TPSA) is 56.6 Å². The minimum atomic E-state index is -0.387. The lowest BCUT2D eigenvalue weighted by Gasteiger charge is -2.41. The first-order chi connectivity index (χ1) is 27.7. The van der Waals surface area contributed by atoms with Crippen molar-refractivity contribution in [3.05, 3.63) is 216 Å². The number of benzene rings is 8. The summed E-state index contributed by atoms with van der Waals surface area (Å²) in [6, 6.07) is 68.2. The van der Waals surface area contributed by atoms with E-state index in [0.717, 1.165) is 72.4 Å². The van der Waals surface area contributed by atoms with E-state index in [4.69, 9.17) is 14.7 Å². The number of aliphatic imine (C=N–C) groups is 1. The van der Waals surface area contributed by atoms with Crippen LogP contribution in [0.1, 0.15) is 29.0 Å². The van der Waals surface area contributed by atoms with Crippen molar-refractivity contribution >= 4 is 49.6 Å². The number of amidine groups is 1. The van der Waals surface area contributed by atoms with Crippen molar-refractivity contribution in [2.24, 2.45) is 4.99 Å². The summed E-state index contributed by atoms with van der Waals surface area (Å²) in [5, 5.41) is 13.7. The Morgan fingerprint density at radius 3 is 1.82 bits per heavy atom. The molecule has 5 nitrogen and oxygen atoms in total. The minimum absolute atomic E-state index is 0.282. The summed E-state index contributed by atoms with van der Waals surface area (Å²) >= 11 is 0. The normalized spacial score (nSPS) is 15.7. The summed E-state index contributed by atoms with van der Waals surface area (Å²) in [6.07, 6.45) is -0.668. The molecule has 11 rings (SSSR count). The molecule has 0 saturated carbocycles. The summed E-state index contributed by atoms with van der Waals surface area (Å²) in [5.41, 5.74) is 12.7. The van der Waals surface area contributed by atoms with Gasteiger partial charge in [-0.25, -0.2) is 0 Å². The first-order valence-corrected chi connectivity index (χ1v) is 19.0. The van der Waals surface area contributed by atoms with Gasteiger partial charge < -0.3 is 24.6 Å². The van der Waals surface area contributed by atoms with Gasteiger partial charge in [-0.3, -0.25) is 0 Å². The van der Waals surface area contributed by atoms with Gasteiger partial charge in [0.2, 0.25) is 0 Å². The molecule has 0 spiro atoms. The highest BCUT2D eigenvalue weighted by molar-refractivity contribution is 6.12. The zero-order chi connectivity index (χ0) is 37.0. The number of nitrogens with zero attached hydrogens (tertiary/aromatic N) is 3. The molecule has 1 aliphatic rings. The molecule has 2 atom stereocenters. The summed E-state index contributed by atoms with van der Waals surface area (Å²) in [5.74, 6) is 0.722. The largest absolute Gasteiger partial charge is 0.456 e. The second kappa shape index (κ2) is 13.3. The van der Waals surface area contributed by atoms with Crippen LogP contribution in [0.3, 0.4) is 0 Å². The predicted octanol–water partition coefficient (Wildman–Crippen LogP) is 13.1. The van der Waals surface area contributed by atoms with E-state index < -0.39 is 0 Å². The van der Waals surface area contributed by atoms with E-state index in [0.29, 0.717) is 0 Å². The number of hydrogen-bond acceptors (Lipinski definition) is 3. The fourth-order valence-corrected chi connectivity index (χ4v) is 8.36. The molecule has 8 aromatic carbocycles. The van der Waals surface area contributed by atoms with Crippen LogP contribution in [-0.4, -0.2) is 10.4 Å². The molecular weight excluding hydrogens is 685 g/mol. The van der Waals surface area contributed by atoms with Crippen LogP contribution in [0.25, 0.3) is 77.0 Å². The Hall–Kier alpha value is -7.21. The van der Waals surface area contributed by atoms with Gasteiger partial charge in [0.25, 0.3) is 0 Å². The van der Waals surface area contributed by atoms with Crippen LogP contribution in [0.2, 0.25) is 0 Å². The number of furan rings is 1. The maximum atomic E-state index is 6.84. The van der Waals surface area contributed by atoms with Gasteiger partial charge in [-0.15, -0.1) is 0 Å². The van der Waals surface area contributed by atoms with E-state index in [9.17, 15) is 0 Å². The Labute approximate surface area is 324 Å². The van der Waals surface area contributed by atoms with Crippen LogP contribution in [0.5, 0.6) is 0 Å². The maximum Gasteiger partial charge on any atom is 0.136 e. The zero-order valence-electron chi connectivity index (χ0n) is 30.4. The van der Waals surface area contributed by atoms with E-state index in [1.165, 1.54) is 21.8 Å². The number of fused-ring (bicyclic) bond motifs is 6. The molecular formula is C51H35N4O-. The standard InChI is InChI=1S/C51H35N4O/c1-4-15-33(16-5-1)38-30-43(51-53-49(34-17-6-2-7-18-34)52-50(54-51)35-19-8-3-9-20-35)48-42-28-27-37(31-46(42)56-47(48)32-38)36-21-14-22-39(29-36)55-44-25-12-10-23-40(44)41-24-11-13-26-45(41)55/h1-32,49,51,53H/q-1. The molecule has 0 fully saturated rings. The zero-order valence-corrected chi connectivity index (χ0v) is 30.4. The lowest BCUT2D eigenvalue weighted by molar-refractivity contribution is 0.490. The molecule has 266 valence electrons. The van der Waals surface area contributed by atoms with E-state index in [1.54, 1.807) is 0 Å². The number of aromatic nitrogens is 1. The van der Waals surface area contributed by atoms with Gasteiger partial charge in [0.1, 0.15) is 11.2 Å². The van der Waals surface area contributed by atoms with Gasteiger partial charge in [-0.05, 0) is 87.5 Å². The van der Waals surface area contributed by atoms with Crippen LogP contribution >= 0.6 is 0 Å². The summed E-state index contributed by atoms with van der Waals surface area (Å²) in [6.45, 7) is 0. The molecule has 0 bridgehead atoms. The molecule has 2 unspecified atom stereocenters. The molecule has 0 radical (unpaired) electrons. The number of nitrogens with one attached hydrogen (secondary N) is 1. The average Bonchev–Trinajstić information content (AvgIpc) is 3.82. The molecule has 3 heterocycles. The molecule has 56 heavy (non-hydrogen) atoms. The van der Waals surface area contributed by atoms with E-state index in [2.05, 4.69) is 174 Å². The molecule has 2 aromatic heterocycles. The third kappa shape index (κ3) is 5.48. The third-order valence-corrected chi connectivity index (χ3v) is 11.0. The van der Waals surface area contributed by atoms with Gasteiger partial charge >= 0.3 is 0 Å². The van der Waals surface area contributed by atoms with Gasteiger partial charge in [0, 0.05) is 39.6 Å². The van der Waals surface area contributed by atoms with Gasteiger partial charge in [0.05, 0.1) is 11.0 Å². The SMILES string of the molecule is c1ccc(C2=NC(c3ccccc3)NC(c3cc(-c4ccccc4)cc4oc5cc(-c6cccc(-n7c8ccccc8c8ccccc87)c6)ccc5c34)[N-]2)cc1. The van der Waals surface area contributed by atoms with Gasteiger partial charge in [0.15, 0.2) is 0 Å². The van der Waals surface area contributed by atoms with Crippen LogP contribution < -0.4 is 5.32 Å². The highest BCUT2D eigenvalue weighted by Crippen LogP contribution is 2.43. The molecule has 0 aliphatic carbocycles. The second-order valence-electron chi connectivity index (χ2n) is 14.4. The molecule has 0 saturated heterocycles. The smallest absolute Gasteiger partial charge is 0.136 e. The summed E-state index contributed by atoms with van der Waals surface area (Å²) in [7, 11) is 0. The Morgan fingerprint density at radius 2 is 1.09 bits per heavy atom. The van der Waals surface area contributed by atoms with Crippen LogP contribution in [0.4, 0.5) is 0 Å². The number of hydrogen-bond donors (Lipinski definition) is 1. The van der Waals surface area contributed by atoms with Crippen molar-refractivity contribution in [1.82, 2.24) is 9.88 Å². The lowest BCUT2D eigenvalue weighted by atomic mass is 9.95. The Balaban J connectivity index is 1.06. The van der Waals surface area contributed by atoms with Crippen LogP contribution in [0.15, 0.2) is 204 Å². The minimum Gasteiger partial charge on any atom is -0.456 e. The van der Waals surface area contributed by atoms with E-state index >= 15 is 0 Å². The van der Waals surface area contributed by atoms with Crippen molar-refractivity contribution in [3.63, 3.8) is 0 Å². The molecule has 1 N–H and O–H groups in total. The van der Waals surface area contributed by atoms with Crippen molar-refractivity contribution < 1.29 is 4.42 Å². The fourth-order valence-electron chi connectivity index (χ4n) is 8.36. The highest BCUT2D eigenvalue weighted by Gasteiger charge is 2.24. The number of para-hydroxylation sites is 2. The van der Waals surface area contributed by atoms with Gasteiger partial charge in [-0.2, -0.15) is 0 Å². The van der Waals surface area contributed by atoms with Crippen LogP contribution in [0, 0.1) is 0 Å². The Bertz CT molecular complexity index is 3040. The van der Waals surface area contributed by atoms with E-state index in [-0.39, 0.29) is 12.3 Å². The average molecular weight is 720 g/mol. The second-order valence-corrected chi connectivity index (χ2v) is 14.4. The molecule has 5 heteroatoms. The quantitative estimate of drug-likeness (QED) is 0.186. The maximum absolute atomic E-state index is 6.84. The fraction of sp³-hybridized carbons (Fsp3) is 0.0392. The Morgan fingerprint density at radius 1 is 0.482 bits per heavy atom. The first-order valence-electron chi connectivity index (χ1n) is 19.0. The number of rotatable bonds is 6. The first kappa shape index (κ1) is 32.2. The monoisotopic (exact) mass is 719 g/mol. The predicted molar refractivity (Wildman–Crippen MR) is 230 cm³/mol. The third-order valence-electron chi connectivity index (χ3n) is 11.0. The van der Waals surface area contributed by atoms with Crippen molar-refractivity contribution in [1.29, 1.82) is 0 Å². The Kier molecular flexibility index (Phi) is 7.64. The lowest BCUT2D eigenvalue weighted by Crippen LogP contribution is -2.32. The van der Waals surface area contributed by atoms with Crippen molar-refractivity contribution in [3.8, 4) is 27.9 Å².